The Morgan fingerprint density at radius 3 is 2.44 bits per heavy atom. The van der Waals surface area contributed by atoms with Crippen LogP contribution >= 0.6 is 15.9 Å². The SMILES string of the molecule is CN(C(=O)CCBr)c1ccc([N+](=O)[O-])cc1. The van der Waals surface area contributed by atoms with Gasteiger partial charge in [0.1, 0.15) is 0 Å². The van der Waals surface area contributed by atoms with Gasteiger partial charge in [-0.2, -0.15) is 0 Å². The van der Waals surface area contributed by atoms with Crippen LogP contribution in [0.3, 0.4) is 0 Å². The Labute approximate surface area is 101 Å². The highest BCUT2D eigenvalue weighted by Gasteiger charge is 2.11. The zero-order chi connectivity index (χ0) is 12.1. The van der Waals surface area contributed by atoms with Crippen LogP contribution in [0.25, 0.3) is 0 Å². The largest absolute Gasteiger partial charge is 0.315 e. The van der Waals surface area contributed by atoms with Gasteiger partial charge in [0.25, 0.3) is 5.69 Å². The number of non-ortho nitro benzene ring substituents is 1. The molecule has 0 bridgehead atoms. The molecule has 0 saturated heterocycles. The number of amides is 1. The highest BCUT2D eigenvalue weighted by Crippen LogP contribution is 2.18. The Bertz CT molecular complexity index is 392. The van der Waals surface area contributed by atoms with Crippen LogP contribution in [0.2, 0.25) is 0 Å². The van der Waals surface area contributed by atoms with E-state index in [-0.39, 0.29) is 11.6 Å². The van der Waals surface area contributed by atoms with Gasteiger partial charge in [0.2, 0.25) is 5.91 Å². The van der Waals surface area contributed by atoms with Crippen LogP contribution in [0.15, 0.2) is 24.3 Å². The minimum Gasteiger partial charge on any atom is -0.315 e. The standard InChI is InChI=1S/C10H11BrN2O3/c1-12(10(14)6-7-11)8-2-4-9(5-3-8)13(15)16/h2-5H,6-7H2,1H3. The second kappa shape index (κ2) is 5.60. The number of hydrogen-bond acceptors (Lipinski definition) is 3. The molecule has 16 heavy (non-hydrogen) atoms. The lowest BCUT2D eigenvalue weighted by atomic mass is 10.2. The molecule has 1 rings (SSSR count). The lowest BCUT2D eigenvalue weighted by Crippen LogP contribution is -2.26. The molecule has 6 heteroatoms. The lowest BCUT2D eigenvalue weighted by molar-refractivity contribution is -0.384. The summed E-state index contributed by atoms with van der Waals surface area (Å²) in [5.41, 5.74) is 0.668. The van der Waals surface area contributed by atoms with Crippen LogP contribution in [-0.2, 0) is 4.79 Å². The smallest absolute Gasteiger partial charge is 0.269 e. The molecule has 0 unspecified atom stereocenters. The summed E-state index contributed by atoms with van der Waals surface area (Å²) in [6.45, 7) is 0. The molecular weight excluding hydrogens is 276 g/mol. The van der Waals surface area contributed by atoms with Gasteiger partial charge in [-0.25, -0.2) is 0 Å². The molecular formula is C10H11BrN2O3. The van der Waals surface area contributed by atoms with E-state index in [1.165, 1.54) is 17.0 Å². The van der Waals surface area contributed by atoms with Gasteiger partial charge in [0.05, 0.1) is 4.92 Å². The highest BCUT2D eigenvalue weighted by atomic mass is 79.9. The summed E-state index contributed by atoms with van der Waals surface area (Å²) in [6, 6.07) is 5.88. The Kier molecular flexibility index (Phi) is 4.42. The maximum absolute atomic E-state index is 11.5. The van der Waals surface area contributed by atoms with E-state index in [1.807, 2.05) is 0 Å². The molecule has 0 aliphatic carbocycles. The molecule has 0 aliphatic rings. The maximum Gasteiger partial charge on any atom is 0.269 e. The van der Waals surface area contributed by atoms with Crippen LogP contribution < -0.4 is 4.90 Å². The number of rotatable bonds is 4. The van der Waals surface area contributed by atoms with Gasteiger partial charge in [0.15, 0.2) is 0 Å². The Hall–Kier alpha value is -1.43. The molecule has 0 spiro atoms. The molecule has 0 aromatic heterocycles. The predicted molar refractivity (Wildman–Crippen MR) is 64.9 cm³/mol. The van der Waals surface area contributed by atoms with Crippen LogP contribution in [0.1, 0.15) is 6.42 Å². The monoisotopic (exact) mass is 286 g/mol. The van der Waals surface area contributed by atoms with E-state index in [1.54, 1.807) is 19.2 Å². The number of nitrogens with zero attached hydrogens (tertiary/aromatic N) is 2. The van der Waals surface area contributed by atoms with Crippen molar-refractivity contribution in [3.8, 4) is 0 Å². The van der Waals surface area contributed by atoms with Crippen molar-refractivity contribution in [2.75, 3.05) is 17.3 Å². The summed E-state index contributed by atoms with van der Waals surface area (Å²) in [6.07, 6.45) is 0.396. The number of hydrogen-bond donors (Lipinski definition) is 0. The molecule has 0 heterocycles. The third-order valence-corrected chi connectivity index (χ3v) is 2.53. The number of nitro groups is 1. The highest BCUT2D eigenvalue weighted by molar-refractivity contribution is 9.09. The number of halogens is 1. The Balaban J connectivity index is 2.81. The quantitative estimate of drug-likeness (QED) is 0.485. The minimum absolute atomic E-state index is 0.0186. The molecule has 1 amide bonds. The number of benzene rings is 1. The summed E-state index contributed by atoms with van der Waals surface area (Å²) in [7, 11) is 1.64. The Morgan fingerprint density at radius 1 is 1.44 bits per heavy atom. The van der Waals surface area contributed by atoms with Crippen LogP contribution in [0, 0.1) is 10.1 Å². The number of alkyl halides is 1. The minimum atomic E-state index is -0.468. The second-order valence-electron chi connectivity index (χ2n) is 3.17. The van der Waals surface area contributed by atoms with Gasteiger partial charge in [-0.1, -0.05) is 15.9 Å². The van der Waals surface area contributed by atoms with Gasteiger partial charge < -0.3 is 4.90 Å². The first-order valence-corrected chi connectivity index (χ1v) is 5.75. The fourth-order valence-electron chi connectivity index (χ4n) is 1.19. The van der Waals surface area contributed by atoms with E-state index in [2.05, 4.69) is 15.9 Å². The summed E-state index contributed by atoms with van der Waals surface area (Å²) in [5.74, 6) is -0.0364. The van der Waals surface area contributed by atoms with Crippen molar-refractivity contribution in [3.05, 3.63) is 34.4 Å². The molecule has 1 aromatic carbocycles. The van der Waals surface area contributed by atoms with Gasteiger partial charge in [-0.05, 0) is 12.1 Å². The Morgan fingerprint density at radius 2 is 2.00 bits per heavy atom. The molecule has 0 aliphatic heterocycles. The number of carbonyl (C=O) groups excluding carboxylic acids is 1. The van der Waals surface area contributed by atoms with Crippen molar-refractivity contribution in [1.29, 1.82) is 0 Å². The van der Waals surface area contributed by atoms with E-state index >= 15 is 0 Å². The molecule has 5 nitrogen and oxygen atoms in total. The van der Waals surface area contributed by atoms with E-state index in [4.69, 9.17) is 0 Å². The van der Waals surface area contributed by atoms with Gasteiger partial charge in [0, 0.05) is 36.6 Å². The van der Waals surface area contributed by atoms with Gasteiger partial charge in [-0.3, -0.25) is 14.9 Å². The molecule has 86 valence electrons. The van der Waals surface area contributed by atoms with Crippen LogP contribution in [0.5, 0.6) is 0 Å². The van der Waals surface area contributed by atoms with Crippen molar-refractivity contribution in [2.24, 2.45) is 0 Å². The molecule has 1 aromatic rings. The van der Waals surface area contributed by atoms with Gasteiger partial charge >= 0.3 is 0 Å². The lowest BCUT2D eigenvalue weighted by Gasteiger charge is -2.16. The van der Waals surface area contributed by atoms with E-state index in [0.29, 0.717) is 17.4 Å². The first-order valence-electron chi connectivity index (χ1n) is 4.63. The summed E-state index contributed by atoms with van der Waals surface area (Å²) in [5, 5.41) is 11.0. The molecule has 0 radical (unpaired) electrons. The topological polar surface area (TPSA) is 63.5 Å². The zero-order valence-corrected chi connectivity index (χ0v) is 10.3. The first-order chi connectivity index (χ1) is 7.56. The van der Waals surface area contributed by atoms with E-state index in [9.17, 15) is 14.9 Å². The molecule has 0 saturated carbocycles. The summed E-state index contributed by atoms with van der Waals surface area (Å²) >= 11 is 3.18. The summed E-state index contributed by atoms with van der Waals surface area (Å²) < 4.78 is 0. The van der Waals surface area contributed by atoms with E-state index in [0.717, 1.165) is 0 Å². The molecule has 0 fully saturated rings. The first kappa shape index (κ1) is 12.6. The van der Waals surface area contributed by atoms with Crippen molar-refractivity contribution in [3.63, 3.8) is 0 Å². The zero-order valence-electron chi connectivity index (χ0n) is 8.72. The maximum atomic E-state index is 11.5. The molecule has 0 N–H and O–H groups in total. The number of nitro benzene ring substituents is 1. The van der Waals surface area contributed by atoms with Crippen molar-refractivity contribution < 1.29 is 9.72 Å². The second-order valence-corrected chi connectivity index (χ2v) is 3.96. The molecule has 0 atom stereocenters. The van der Waals surface area contributed by atoms with E-state index < -0.39 is 4.92 Å². The van der Waals surface area contributed by atoms with Crippen molar-refractivity contribution >= 4 is 33.2 Å². The van der Waals surface area contributed by atoms with Crippen LogP contribution in [0.4, 0.5) is 11.4 Å². The van der Waals surface area contributed by atoms with Gasteiger partial charge in [-0.15, -0.1) is 0 Å². The van der Waals surface area contributed by atoms with Crippen LogP contribution in [-0.4, -0.2) is 23.2 Å². The average molecular weight is 287 g/mol. The number of carbonyl (C=O) groups is 1. The third kappa shape index (κ3) is 3.03. The fraction of sp³-hybridized carbons (Fsp3) is 0.300. The average Bonchev–Trinajstić information content (AvgIpc) is 2.28. The third-order valence-electron chi connectivity index (χ3n) is 2.13. The van der Waals surface area contributed by atoms with Crippen molar-refractivity contribution in [2.45, 2.75) is 6.42 Å². The van der Waals surface area contributed by atoms with Crippen molar-refractivity contribution in [1.82, 2.24) is 0 Å². The predicted octanol–water partition coefficient (Wildman–Crippen LogP) is 2.34. The fourth-order valence-corrected chi connectivity index (χ4v) is 1.53. The number of anilines is 1. The summed E-state index contributed by atoms with van der Waals surface area (Å²) in [4.78, 5) is 23.0. The normalized spacial score (nSPS) is 9.88.